The number of anilines is 1. The van der Waals surface area contributed by atoms with Gasteiger partial charge in [-0.3, -0.25) is 5.10 Å². The lowest BCUT2D eigenvalue weighted by Gasteiger charge is -2.11. The number of H-pyrrole nitrogens is 1. The molecular weight excluding hydrogens is 313 g/mol. The normalized spacial score (nSPS) is 19.1. The minimum absolute atomic E-state index is 0.180. The molecule has 0 bridgehead atoms. The zero-order valence-corrected chi connectivity index (χ0v) is 11.7. The van der Waals surface area contributed by atoms with Crippen LogP contribution in [0.3, 0.4) is 0 Å². The summed E-state index contributed by atoms with van der Waals surface area (Å²) in [6, 6.07) is 4.65. The van der Waals surface area contributed by atoms with E-state index in [9.17, 15) is 4.39 Å². The minimum atomic E-state index is -0.291. The van der Waals surface area contributed by atoms with Crippen LogP contribution >= 0.6 is 15.9 Å². The molecule has 1 atom stereocenters. The molecular formula is C12H13BrFN5. The molecule has 1 unspecified atom stereocenters. The van der Waals surface area contributed by atoms with Crippen LogP contribution in [0.5, 0.6) is 0 Å². The van der Waals surface area contributed by atoms with Crippen LogP contribution in [0.1, 0.15) is 6.42 Å². The van der Waals surface area contributed by atoms with E-state index in [4.69, 9.17) is 5.73 Å². The molecule has 0 saturated carbocycles. The van der Waals surface area contributed by atoms with E-state index in [0.29, 0.717) is 16.2 Å². The molecule has 0 aliphatic carbocycles. The van der Waals surface area contributed by atoms with E-state index in [2.05, 4.69) is 31.1 Å². The monoisotopic (exact) mass is 325 g/mol. The van der Waals surface area contributed by atoms with Crippen LogP contribution < -0.4 is 10.6 Å². The van der Waals surface area contributed by atoms with Gasteiger partial charge in [0.15, 0.2) is 5.82 Å². The molecule has 1 aromatic carbocycles. The maximum absolute atomic E-state index is 13.1. The third-order valence-electron chi connectivity index (χ3n) is 3.17. The number of nitrogens with one attached hydrogen (secondary N) is 1. The zero-order chi connectivity index (χ0) is 13.4. The number of hydrogen-bond donors (Lipinski definition) is 2. The Balaban J connectivity index is 1.88. The Morgan fingerprint density at radius 1 is 1.47 bits per heavy atom. The highest BCUT2D eigenvalue weighted by Gasteiger charge is 2.22. The summed E-state index contributed by atoms with van der Waals surface area (Å²) >= 11 is 3.32. The molecule has 3 N–H and O–H groups in total. The van der Waals surface area contributed by atoms with Gasteiger partial charge in [-0.1, -0.05) is 0 Å². The number of benzene rings is 1. The number of rotatable bonds is 2. The van der Waals surface area contributed by atoms with Crippen molar-refractivity contribution in [2.24, 2.45) is 5.73 Å². The lowest BCUT2D eigenvalue weighted by atomic mass is 10.2. The zero-order valence-electron chi connectivity index (χ0n) is 10.1. The number of hydrogen-bond acceptors (Lipinski definition) is 4. The molecule has 1 aromatic heterocycles. The van der Waals surface area contributed by atoms with Crippen LogP contribution in [0.25, 0.3) is 11.4 Å². The molecule has 1 saturated heterocycles. The first kappa shape index (κ1) is 12.6. The van der Waals surface area contributed by atoms with Gasteiger partial charge in [0.2, 0.25) is 5.95 Å². The molecule has 100 valence electrons. The predicted molar refractivity (Wildman–Crippen MR) is 74.3 cm³/mol. The van der Waals surface area contributed by atoms with Crippen molar-refractivity contribution in [2.75, 3.05) is 18.0 Å². The van der Waals surface area contributed by atoms with Gasteiger partial charge in [0.1, 0.15) is 5.82 Å². The highest BCUT2D eigenvalue weighted by atomic mass is 79.9. The van der Waals surface area contributed by atoms with E-state index >= 15 is 0 Å². The highest BCUT2D eigenvalue weighted by Crippen LogP contribution is 2.27. The van der Waals surface area contributed by atoms with Crippen molar-refractivity contribution in [3.63, 3.8) is 0 Å². The number of aromatic amines is 1. The third kappa shape index (κ3) is 2.48. The average Bonchev–Trinajstić information content (AvgIpc) is 2.97. The largest absolute Gasteiger partial charge is 0.338 e. The van der Waals surface area contributed by atoms with Crippen LogP contribution in [-0.2, 0) is 0 Å². The average molecular weight is 326 g/mol. The first-order valence-corrected chi connectivity index (χ1v) is 6.81. The van der Waals surface area contributed by atoms with Gasteiger partial charge in [-0.2, -0.15) is 4.98 Å². The van der Waals surface area contributed by atoms with Gasteiger partial charge in [0.25, 0.3) is 0 Å². The summed E-state index contributed by atoms with van der Waals surface area (Å²) < 4.78 is 13.7. The molecule has 0 amide bonds. The molecule has 0 spiro atoms. The van der Waals surface area contributed by atoms with Crippen LogP contribution in [0, 0.1) is 5.82 Å². The Hall–Kier alpha value is -1.47. The standard InChI is InChI=1S/C12H13BrFN5/c13-10-5-7(14)1-2-9(10)11-16-12(18-17-11)19-4-3-8(15)6-19/h1-2,5,8H,3-4,6,15H2,(H,16,17,18). The Labute approximate surface area is 118 Å². The molecule has 19 heavy (non-hydrogen) atoms. The van der Waals surface area contributed by atoms with Crippen molar-refractivity contribution >= 4 is 21.9 Å². The number of nitrogens with zero attached hydrogens (tertiary/aromatic N) is 3. The van der Waals surface area contributed by atoms with Gasteiger partial charge in [-0.15, -0.1) is 5.10 Å². The summed E-state index contributed by atoms with van der Waals surface area (Å²) in [5, 5.41) is 7.07. The lowest BCUT2D eigenvalue weighted by molar-refractivity contribution is 0.627. The second kappa shape index (κ2) is 4.90. The van der Waals surface area contributed by atoms with Gasteiger partial charge >= 0.3 is 0 Å². The Bertz CT molecular complexity index is 600. The summed E-state index contributed by atoms with van der Waals surface area (Å²) in [4.78, 5) is 6.48. The van der Waals surface area contributed by atoms with Crippen LogP contribution in [-0.4, -0.2) is 34.3 Å². The molecule has 3 rings (SSSR count). The van der Waals surface area contributed by atoms with E-state index in [1.165, 1.54) is 12.1 Å². The van der Waals surface area contributed by atoms with Gasteiger partial charge in [0.05, 0.1) is 0 Å². The summed E-state index contributed by atoms with van der Waals surface area (Å²) in [5.41, 5.74) is 6.65. The Kier molecular flexibility index (Phi) is 3.24. The summed E-state index contributed by atoms with van der Waals surface area (Å²) in [5.74, 6) is 0.961. The van der Waals surface area contributed by atoms with Crippen molar-refractivity contribution in [1.29, 1.82) is 0 Å². The van der Waals surface area contributed by atoms with Crippen molar-refractivity contribution in [3.8, 4) is 11.4 Å². The third-order valence-corrected chi connectivity index (χ3v) is 3.82. The van der Waals surface area contributed by atoms with Gasteiger partial charge < -0.3 is 10.6 Å². The fourth-order valence-electron chi connectivity index (χ4n) is 2.17. The van der Waals surface area contributed by atoms with E-state index in [0.717, 1.165) is 25.1 Å². The molecule has 7 heteroatoms. The molecule has 1 aliphatic rings. The van der Waals surface area contributed by atoms with Crippen LogP contribution in [0.15, 0.2) is 22.7 Å². The maximum atomic E-state index is 13.1. The number of nitrogens with two attached hydrogens (primary N) is 1. The molecule has 2 aromatic rings. The van der Waals surface area contributed by atoms with E-state index in [1.54, 1.807) is 6.07 Å². The van der Waals surface area contributed by atoms with Crippen molar-refractivity contribution in [3.05, 3.63) is 28.5 Å². The summed E-state index contributed by atoms with van der Waals surface area (Å²) in [6.07, 6.45) is 0.949. The Morgan fingerprint density at radius 3 is 3.00 bits per heavy atom. The van der Waals surface area contributed by atoms with Gasteiger partial charge in [-0.25, -0.2) is 4.39 Å². The number of aromatic nitrogens is 3. The summed E-state index contributed by atoms with van der Waals surface area (Å²) in [7, 11) is 0. The summed E-state index contributed by atoms with van der Waals surface area (Å²) in [6.45, 7) is 1.63. The van der Waals surface area contributed by atoms with Crippen LogP contribution in [0.2, 0.25) is 0 Å². The first-order chi connectivity index (χ1) is 9.13. The molecule has 1 fully saturated rings. The molecule has 5 nitrogen and oxygen atoms in total. The highest BCUT2D eigenvalue weighted by molar-refractivity contribution is 9.10. The van der Waals surface area contributed by atoms with E-state index < -0.39 is 0 Å². The minimum Gasteiger partial charge on any atom is -0.338 e. The lowest BCUT2D eigenvalue weighted by Crippen LogP contribution is -2.26. The van der Waals surface area contributed by atoms with Crippen molar-refractivity contribution in [1.82, 2.24) is 15.2 Å². The maximum Gasteiger partial charge on any atom is 0.245 e. The fourth-order valence-corrected chi connectivity index (χ4v) is 2.70. The molecule has 0 radical (unpaired) electrons. The second-order valence-electron chi connectivity index (χ2n) is 4.60. The fraction of sp³-hybridized carbons (Fsp3) is 0.333. The molecule has 1 aliphatic heterocycles. The van der Waals surface area contributed by atoms with Crippen LogP contribution in [0.4, 0.5) is 10.3 Å². The van der Waals surface area contributed by atoms with Crippen molar-refractivity contribution < 1.29 is 4.39 Å². The Morgan fingerprint density at radius 2 is 2.32 bits per heavy atom. The van der Waals surface area contributed by atoms with Gasteiger partial charge in [0, 0.05) is 29.2 Å². The number of halogens is 2. The smallest absolute Gasteiger partial charge is 0.245 e. The second-order valence-corrected chi connectivity index (χ2v) is 5.46. The quantitative estimate of drug-likeness (QED) is 0.884. The first-order valence-electron chi connectivity index (χ1n) is 6.02. The topological polar surface area (TPSA) is 70.8 Å². The van der Waals surface area contributed by atoms with E-state index in [-0.39, 0.29) is 11.9 Å². The predicted octanol–water partition coefficient (Wildman–Crippen LogP) is 1.91. The van der Waals surface area contributed by atoms with Gasteiger partial charge in [-0.05, 0) is 40.5 Å². The molecule has 2 heterocycles. The van der Waals surface area contributed by atoms with Crippen molar-refractivity contribution in [2.45, 2.75) is 12.5 Å². The SMILES string of the molecule is NC1CCN(c2n[nH]c(-c3ccc(F)cc3Br)n2)C1. The van der Waals surface area contributed by atoms with E-state index in [1.807, 2.05) is 4.90 Å².